The van der Waals surface area contributed by atoms with Crippen molar-refractivity contribution in [3.05, 3.63) is 45.4 Å². The van der Waals surface area contributed by atoms with E-state index in [1.165, 1.54) is 22.4 Å². The van der Waals surface area contributed by atoms with E-state index in [1.54, 1.807) is 19.1 Å². The van der Waals surface area contributed by atoms with Gasteiger partial charge in [0.1, 0.15) is 0 Å². The van der Waals surface area contributed by atoms with Crippen LogP contribution in [0, 0.1) is 22.5 Å². The van der Waals surface area contributed by atoms with Gasteiger partial charge in [-0.15, -0.1) is 11.3 Å². The molecule has 3 heterocycles. The van der Waals surface area contributed by atoms with Gasteiger partial charge in [-0.25, -0.2) is 8.99 Å². The lowest BCUT2D eigenvalue weighted by Crippen LogP contribution is -2.35. The molecule has 2 N–H and O–H groups in total. The minimum Gasteiger partial charge on any atom is -0.346 e. The summed E-state index contributed by atoms with van der Waals surface area (Å²) >= 11 is 1.49. The van der Waals surface area contributed by atoms with Crippen LogP contribution in [-0.4, -0.2) is 38.5 Å². The van der Waals surface area contributed by atoms with E-state index in [-0.39, 0.29) is 43.0 Å². The number of hydrogen-bond donors (Lipinski definition) is 2. The molecule has 4 rings (SSSR count). The number of pyridine rings is 1. The molecule has 2 aromatic rings. The fourth-order valence-corrected chi connectivity index (χ4v) is 7.70. The highest BCUT2D eigenvalue weighted by molar-refractivity contribution is 7.92. The number of halogens is 3. The first-order valence-electron chi connectivity index (χ1n) is 12.8. The zero-order valence-corrected chi connectivity index (χ0v) is 23.1. The van der Waals surface area contributed by atoms with Crippen LogP contribution in [0.25, 0.3) is 0 Å². The van der Waals surface area contributed by atoms with E-state index in [4.69, 9.17) is 4.78 Å². The van der Waals surface area contributed by atoms with Gasteiger partial charge >= 0.3 is 6.18 Å². The molecule has 2 atom stereocenters. The van der Waals surface area contributed by atoms with E-state index in [9.17, 15) is 22.2 Å². The average molecular weight is 557 g/mol. The van der Waals surface area contributed by atoms with E-state index in [0.29, 0.717) is 40.8 Å². The van der Waals surface area contributed by atoms with Gasteiger partial charge in [0.05, 0.1) is 37.7 Å². The Balaban J connectivity index is 1.36. The smallest absolute Gasteiger partial charge is 0.346 e. The Labute approximate surface area is 221 Å². The first-order valence-corrected chi connectivity index (χ1v) is 15.4. The van der Waals surface area contributed by atoms with Crippen LogP contribution in [0.5, 0.6) is 0 Å². The lowest BCUT2D eigenvalue weighted by Gasteiger charge is -2.35. The van der Waals surface area contributed by atoms with E-state index in [1.807, 2.05) is 6.07 Å². The Kier molecular flexibility index (Phi) is 8.35. The molecule has 2 aromatic heterocycles. The summed E-state index contributed by atoms with van der Waals surface area (Å²) < 4.78 is 59.1. The number of carbonyl (C=O) groups is 1. The Morgan fingerprint density at radius 2 is 1.97 bits per heavy atom. The topological polar surface area (TPSA) is 86.2 Å². The van der Waals surface area contributed by atoms with Gasteiger partial charge in [0.15, 0.2) is 0 Å². The van der Waals surface area contributed by atoms with Crippen LogP contribution in [0.15, 0.2) is 29.3 Å². The average Bonchev–Trinajstić information content (AvgIpc) is 3.40. The summed E-state index contributed by atoms with van der Waals surface area (Å²) in [6.07, 6.45) is -0.979. The van der Waals surface area contributed by atoms with Crippen LogP contribution in [0.3, 0.4) is 0 Å². The summed E-state index contributed by atoms with van der Waals surface area (Å²) in [7, 11) is -2.82. The molecule has 0 bridgehead atoms. The lowest BCUT2D eigenvalue weighted by atomic mass is 9.81. The molecule has 11 heteroatoms. The van der Waals surface area contributed by atoms with Crippen molar-refractivity contribution in [2.24, 2.45) is 17.8 Å². The molecule has 0 radical (unpaired) electrons. The normalized spacial score (nSPS) is 24.1. The van der Waals surface area contributed by atoms with E-state index >= 15 is 0 Å². The van der Waals surface area contributed by atoms with Crippen molar-refractivity contribution in [1.29, 1.82) is 4.78 Å². The maximum Gasteiger partial charge on any atom is 0.391 e. The van der Waals surface area contributed by atoms with Crippen molar-refractivity contribution in [2.75, 3.05) is 12.3 Å². The Bertz CT molecular complexity index is 1200. The van der Waals surface area contributed by atoms with Crippen molar-refractivity contribution < 1.29 is 22.2 Å². The maximum absolute atomic E-state index is 13.0. The van der Waals surface area contributed by atoms with Gasteiger partial charge in [0.25, 0.3) is 5.91 Å². The molecule has 1 saturated carbocycles. The van der Waals surface area contributed by atoms with E-state index in [0.717, 1.165) is 12.1 Å². The number of nitrogens with one attached hydrogen (secondary N) is 2. The molecule has 1 aliphatic heterocycles. The largest absolute Gasteiger partial charge is 0.391 e. The first kappa shape index (κ1) is 28.0. The fourth-order valence-electron chi connectivity index (χ4n) is 5.45. The monoisotopic (exact) mass is 556 g/mol. The summed E-state index contributed by atoms with van der Waals surface area (Å²) in [5.41, 5.74) is 1.75. The quantitative estimate of drug-likeness (QED) is 0.395. The third-order valence-corrected chi connectivity index (χ3v) is 10.6. The van der Waals surface area contributed by atoms with Crippen molar-refractivity contribution >= 4 is 27.0 Å². The van der Waals surface area contributed by atoms with Crippen LogP contribution in [0.1, 0.15) is 78.3 Å². The number of aromatic nitrogens is 1. The molecule has 6 nitrogen and oxygen atoms in total. The molecule has 204 valence electrons. The maximum atomic E-state index is 13.0. The van der Waals surface area contributed by atoms with Crippen LogP contribution >= 0.6 is 11.3 Å². The van der Waals surface area contributed by atoms with Gasteiger partial charge in [0.2, 0.25) is 0 Å². The van der Waals surface area contributed by atoms with Crippen LogP contribution < -0.4 is 5.32 Å². The Morgan fingerprint density at radius 1 is 1.27 bits per heavy atom. The third kappa shape index (κ3) is 6.37. The van der Waals surface area contributed by atoms with Crippen molar-refractivity contribution in [2.45, 2.75) is 76.7 Å². The SMILES string of the molecule is CC[S@@](=N)(=O)c1ccc(CNC(=O)c2cc3c(s2)[C@H](C(C)C)N(C[C@H]2CC[C@H](C(F)(F)F)CC2)C3)nc1. The molecule has 1 amide bonds. The lowest BCUT2D eigenvalue weighted by molar-refractivity contribution is -0.184. The molecule has 0 aromatic carbocycles. The number of rotatable bonds is 8. The summed E-state index contributed by atoms with van der Waals surface area (Å²) in [6, 6.07) is 5.42. The predicted molar refractivity (Wildman–Crippen MR) is 139 cm³/mol. The van der Waals surface area contributed by atoms with Gasteiger partial charge in [0, 0.05) is 36.0 Å². The zero-order chi connectivity index (χ0) is 27.0. The second-order valence-corrected chi connectivity index (χ2v) is 14.0. The number of hydrogen-bond acceptors (Lipinski definition) is 6. The fraction of sp³-hybridized carbons (Fsp3) is 0.615. The second kappa shape index (κ2) is 11.0. The molecule has 0 spiro atoms. The number of alkyl halides is 3. The minimum atomic E-state index is -4.08. The van der Waals surface area contributed by atoms with Gasteiger partial charge in [-0.2, -0.15) is 13.2 Å². The van der Waals surface area contributed by atoms with E-state index in [2.05, 4.69) is 29.0 Å². The molecule has 0 unspecified atom stereocenters. The zero-order valence-electron chi connectivity index (χ0n) is 21.4. The number of nitrogens with zero attached hydrogens (tertiary/aromatic N) is 2. The second-order valence-electron chi connectivity index (χ2n) is 10.5. The third-order valence-electron chi connectivity index (χ3n) is 7.55. The highest BCUT2D eigenvalue weighted by atomic mass is 32.2. The van der Waals surface area contributed by atoms with Gasteiger partial charge in [-0.05, 0) is 61.3 Å². The van der Waals surface area contributed by atoms with Gasteiger partial charge in [-0.1, -0.05) is 20.8 Å². The molecule has 37 heavy (non-hydrogen) atoms. The van der Waals surface area contributed by atoms with Crippen LogP contribution in [0.2, 0.25) is 0 Å². The Hall–Kier alpha value is -1.98. The molecular weight excluding hydrogens is 521 g/mol. The van der Waals surface area contributed by atoms with Crippen molar-refractivity contribution in [3.8, 4) is 0 Å². The molecule has 1 fully saturated rings. The van der Waals surface area contributed by atoms with Gasteiger partial charge in [-0.3, -0.25) is 14.7 Å². The van der Waals surface area contributed by atoms with Crippen LogP contribution in [-0.2, 0) is 22.8 Å². The molecular formula is C26H35F3N4O2S2. The van der Waals surface area contributed by atoms with Crippen molar-refractivity contribution in [3.63, 3.8) is 0 Å². The number of amides is 1. The van der Waals surface area contributed by atoms with E-state index < -0.39 is 21.8 Å². The Morgan fingerprint density at radius 3 is 2.54 bits per heavy atom. The summed E-state index contributed by atoms with van der Waals surface area (Å²) in [6.45, 7) is 7.74. The highest BCUT2D eigenvalue weighted by Gasteiger charge is 2.42. The van der Waals surface area contributed by atoms with Crippen LogP contribution in [0.4, 0.5) is 13.2 Å². The standard InChI is InChI=1S/C26H35F3N4O2S2/c1-4-37(30,35)21-10-9-20(31-13-21)12-32-25(34)22-11-18-15-33(23(16(2)3)24(18)36-22)14-17-5-7-19(8-6-17)26(27,28)29/h9-11,13,16-17,19,23,30H,4-8,12,14-15H2,1-3H3,(H,32,34)/t17-,19-,23-,37+/m0/s1. The molecule has 1 aliphatic carbocycles. The number of thiophene rings is 1. The molecule has 0 saturated heterocycles. The highest BCUT2D eigenvalue weighted by Crippen LogP contribution is 2.46. The predicted octanol–water partition coefficient (Wildman–Crippen LogP) is 6.38. The molecule has 2 aliphatic rings. The summed E-state index contributed by atoms with van der Waals surface area (Å²) in [5, 5.41) is 2.90. The minimum absolute atomic E-state index is 0.161. The number of fused-ring (bicyclic) bond motifs is 1. The summed E-state index contributed by atoms with van der Waals surface area (Å²) in [5.74, 6) is -0.518. The first-order chi connectivity index (χ1) is 17.4. The van der Waals surface area contributed by atoms with Crippen molar-refractivity contribution in [1.82, 2.24) is 15.2 Å². The number of carbonyl (C=O) groups excluding carboxylic acids is 1. The van der Waals surface area contributed by atoms with Gasteiger partial charge < -0.3 is 5.32 Å². The summed E-state index contributed by atoms with van der Waals surface area (Å²) in [4.78, 5) is 21.7.